The minimum Gasteiger partial charge on any atom is -0.387 e. The van der Waals surface area contributed by atoms with Crippen molar-refractivity contribution in [2.24, 2.45) is 0 Å². The monoisotopic (exact) mass is 313 g/mol. The summed E-state index contributed by atoms with van der Waals surface area (Å²) >= 11 is 0. The number of aliphatic hydroxyl groups excluding tert-OH is 1. The lowest BCUT2D eigenvalue weighted by atomic mass is 9.74. The van der Waals surface area contributed by atoms with Gasteiger partial charge in [-0.15, -0.1) is 0 Å². The molecule has 2 heterocycles. The summed E-state index contributed by atoms with van der Waals surface area (Å²) in [4.78, 5) is 16.2. The summed E-state index contributed by atoms with van der Waals surface area (Å²) in [5, 5.41) is 17.9. The molecule has 0 aromatic heterocycles. The fraction of sp³-hybridized carbons (Fsp3) is 0.556. The predicted molar refractivity (Wildman–Crippen MR) is 88.1 cm³/mol. The van der Waals surface area contributed by atoms with E-state index in [0.717, 1.165) is 44.6 Å². The molecular formula is C18H23N3O2. The summed E-state index contributed by atoms with van der Waals surface area (Å²) in [6.07, 6.45) is 3.58. The molecule has 1 N–H and O–H groups in total. The lowest BCUT2D eigenvalue weighted by Crippen LogP contribution is -2.46. The van der Waals surface area contributed by atoms with Crippen LogP contribution in [0.1, 0.15) is 31.2 Å². The van der Waals surface area contributed by atoms with Gasteiger partial charge in [-0.25, -0.2) is 0 Å². The molecule has 2 aliphatic rings. The number of nitriles is 1. The number of unbranched alkanes of at least 4 members (excludes halogenated alkanes) is 1. The molecule has 0 aliphatic carbocycles. The smallest absolute Gasteiger partial charge is 0.252 e. The van der Waals surface area contributed by atoms with E-state index in [2.05, 4.69) is 17.0 Å². The van der Waals surface area contributed by atoms with Crippen LogP contribution < -0.4 is 4.90 Å². The van der Waals surface area contributed by atoms with Crippen molar-refractivity contribution in [2.45, 2.75) is 31.1 Å². The highest BCUT2D eigenvalue weighted by molar-refractivity contribution is 5.97. The van der Waals surface area contributed by atoms with E-state index in [4.69, 9.17) is 5.26 Å². The molecule has 0 atom stereocenters. The highest BCUT2D eigenvalue weighted by Gasteiger charge is 2.45. The number of hydrogen-bond acceptors (Lipinski definition) is 4. The first-order valence-corrected chi connectivity index (χ1v) is 8.30. The number of rotatable bonds is 4. The maximum atomic E-state index is 12.1. The van der Waals surface area contributed by atoms with Crippen molar-refractivity contribution < 1.29 is 9.90 Å². The number of benzene rings is 1. The van der Waals surface area contributed by atoms with Gasteiger partial charge in [-0.3, -0.25) is 4.79 Å². The Morgan fingerprint density at radius 3 is 2.74 bits per heavy atom. The van der Waals surface area contributed by atoms with Crippen molar-refractivity contribution in [1.82, 2.24) is 4.90 Å². The average molecular weight is 313 g/mol. The minimum atomic E-state index is -0.440. The van der Waals surface area contributed by atoms with Crippen LogP contribution >= 0.6 is 0 Å². The standard InChI is InChI=1S/C18H23N3O2/c19-9-3-4-10-20-11-7-18(8-12-20)14-21(17(23)13-22)16-6-2-1-5-15(16)18/h1-2,5-6,22H,3-4,7-8,10-14H2. The Hall–Kier alpha value is -1.90. The van der Waals surface area contributed by atoms with E-state index in [9.17, 15) is 9.90 Å². The highest BCUT2D eigenvalue weighted by Crippen LogP contribution is 2.46. The second-order valence-corrected chi connectivity index (χ2v) is 6.54. The van der Waals surface area contributed by atoms with Gasteiger partial charge in [-0.1, -0.05) is 18.2 Å². The largest absolute Gasteiger partial charge is 0.387 e. The number of nitrogens with zero attached hydrogens (tertiary/aromatic N) is 3. The molecule has 1 aromatic rings. The zero-order chi connectivity index (χ0) is 16.3. The van der Waals surface area contributed by atoms with Gasteiger partial charge in [-0.05, 0) is 50.5 Å². The summed E-state index contributed by atoms with van der Waals surface area (Å²) < 4.78 is 0. The normalized spacial score (nSPS) is 19.6. The summed E-state index contributed by atoms with van der Waals surface area (Å²) in [5.74, 6) is -0.217. The van der Waals surface area contributed by atoms with Crippen LogP contribution in [-0.4, -0.2) is 48.7 Å². The van der Waals surface area contributed by atoms with Crippen LogP contribution in [0.25, 0.3) is 0 Å². The molecule has 5 nitrogen and oxygen atoms in total. The van der Waals surface area contributed by atoms with Gasteiger partial charge in [0.2, 0.25) is 0 Å². The van der Waals surface area contributed by atoms with Gasteiger partial charge in [0.15, 0.2) is 0 Å². The maximum Gasteiger partial charge on any atom is 0.252 e. The van der Waals surface area contributed by atoms with Crippen molar-refractivity contribution in [2.75, 3.05) is 37.7 Å². The molecule has 122 valence electrons. The van der Waals surface area contributed by atoms with Crippen LogP contribution in [0.15, 0.2) is 24.3 Å². The third-order valence-electron chi connectivity index (χ3n) is 5.24. The van der Waals surface area contributed by atoms with E-state index in [1.807, 2.05) is 18.2 Å². The van der Waals surface area contributed by atoms with Gasteiger partial charge in [0.1, 0.15) is 6.61 Å². The van der Waals surface area contributed by atoms with Gasteiger partial charge in [0.05, 0.1) is 6.07 Å². The molecule has 1 spiro atoms. The number of aliphatic hydroxyl groups is 1. The van der Waals surface area contributed by atoms with E-state index in [-0.39, 0.29) is 11.3 Å². The Morgan fingerprint density at radius 1 is 1.30 bits per heavy atom. The quantitative estimate of drug-likeness (QED) is 0.859. The molecule has 1 aromatic carbocycles. The number of para-hydroxylation sites is 1. The maximum absolute atomic E-state index is 12.1. The van der Waals surface area contributed by atoms with Gasteiger partial charge in [0.25, 0.3) is 5.91 Å². The van der Waals surface area contributed by atoms with E-state index in [0.29, 0.717) is 13.0 Å². The summed E-state index contributed by atoms with van der Waals surface area (Å²) in [6, 6.07) is 10.3. The topological polar surface area (TPSA) is 67.6 Å². The van der Waals surface area contributed by atoms with Crippen molar-refractivity contribution in [3.05, 3.63) is 29.8 Å². The van der Waals surface area contributed by atoms with Crippen LogP contribution in [-0.2, 0) is 10.2 Å². The zero-order valence-electron chi connectivity index (χ0n) is 13.4. The van der Waals surface area contributed by atoms with Crippen LogP contribution in [0.2, 0.25) is 0 Å². The Balaban J connectivity index is 1.74. The number of carbonyl (C=O) groups is 1. The first-order valence-electron chi connectivity index (χ1n) is 8.30. The van der Waals surface area contributed by atoms with Gasteiger partial charge < -0.3 is 14.9 Å². The predicted octanol–water partition coefficient (Wildman–Crippen LogP) is 1.66. The lowest BCUT2D eigenvalue weighted by Gasteiger charge is -2.39. The molecule has 0 radical (unpaired) electrons. The van der Waals surface area contributed by atoms with Crippen LogP contribution in [0.4, 0.5) is 5.69 Å². The number of piperidine rings is 1. The van der Waals surface area contributed by atoms with Crippen molar-refractivity contribution in [3.63, 3.8) is 0 Å². The Labute approximate surface area is 137 Å². The van der Waals surface area contributed by atoms with Crippen molar-refractivity contribution in [1.29, 1.82) is 5.26 Å². The lowest BCUT2D eigenvalue weighted by molar-refractivity contribution is -0.121. The van der Waals surface area contributed by atoms with Crippen molar-refractivity contribution in [3.8, 4) is 6.07 Å². The Morgan fingerprint density at radius 2 is 2.04 bits per heavy atom. The molecule has 1 saturated heterocycles. The first kappa shape index (κ1) is 16.0. The third-order valence-corrected chi connectivity index (χ3v) is 5.24. The second kappa shape index (κ2) is 6.69. The average Bonchev–Trinajstić information content (AvgIpc) is 2.91. The van der Waals surface area contributed by atoms with E-state index in [1.165, 1.54) is 5.56 Å². The molecule has 23 heavy (non-hydrogen) atoms. The fourth-order valence-corrected chi connectivity index (χ4v) is 3.95. The minimum absolute atomic E-state index is 0.0210. The number of carbonyl (C=O) groups excluding carboxylic acids is 1. The highest BCUT2D eigenvalue weighted by atomic mass is 16.3. The van der Waals surface area contributed by atoms with Crippen LogP contribution in [0.5, 0.6) is 0 Å². The third kappa shape index (κ3) is 2.97. The number of hydrogen-bond donors (Lipinski definition) is 1. The molecule has 1 amide bonds. The SMILES string of the molecule is N#CCCCN1CCC2(CC1)CN(C(=O)CO)c1ccccc12. The van der Waals surface area contributed by atoms with E-state index >= 15 is 0 Å². The number of fused-ring (bicyclic) bond motifs is 2. The van der Waals surface area contributed by atoms with Crippen LogP contribution in [0, 0.1) is 11.3 Å². The molecule has 0 unspecified atom stereocenters. The van der Waals surface area contributed by atoms with Crippen LogP contribution in [0.3, 0.4) is 0 Å². The summed E-state index contributed by atoms with van der Waals surface area (Å²) in [5.41, 5.74) is 2.23. The van der Waals surface area contributed by atoms with E-state index in [1.54, 1.807) is 4.90 Å². The molecule has 1 fully saturated rings. The molecule has 0 bridgehead atoms. The number of amides is 1. The number of anilines is 1. The Kier molecular flexibility index (Phi) is 4.65. The molecule has 0 saturated carbocycles. The van der Waals surface area contributed by atoms with Gasteiger partial charge in [-0.2, -0.15) is 5.26 Å². The fourth-order valence-electron chi connectivity index (χ4n) is 3.95. The molecule has 5 heteroatoms. The van der Waals surface area contributed by atoms with Crippen molar-refractivity contribution >= 4 is 11.6 Å². The summed E-state index contributed by atoms with van der Waals surface area (Å²) in [7, 11) is 0. The molecular weight excluding hydrogens is 290 g/mol. The summed E-state index contributed by atoms with van der Waals surface area (Å²) in [6.45, 7) is 3.22. The molecule has 2 aliphatic heterocycles. The van der Waals surface area contributed by atoms with E-state index < -0.39 is 6.61 Å². The first-order chi connectivity index (χ1) is 11.2. The van der Waals surface area contributed by atoms with Gasteiger partial charge >= 0.3 is 0 Å². The Bertz CT molecular complexity index is 615. The zero-order valence-corrected chi connectivity index (χ0v) is 13.4. The van der Waals surface area contributed by atoms with Gasteiger partial charge in [0, 0.05) is 24.1 Å². The second-order valence-electron chi connectivity index (χ2n) is 6.54. The molecule has 3 rings (SSSR count). The number of likely N-dealkylation sites (tertiary alicyclic amines) is 1.